The van der Waals surface area contributed by atoms with Gasteiger partial charge in [-0.25, -0.2) is 0 Å². The van der Waals surface area contributed by atoms with Crippen molar-refractivity contribution in [2.75, 3.05) is 6.61 Å². The van der Waals surface area contributed by atoms with Gasteiger partial charge in [-0.1, -0.05) is 15.9 Å². The Morgan fingerprint density at radius 3 is 3.00 bits per heavy atom. The smallest absolute Gasteiger partial charge is 0.315 e. The van der Waals surface area contributed by atoms with Crippen molar-refractivity contribution < 1.29 is 18.3 Å². The molecule has 0 aliphatic carbocycles. The fourth-order valence-corrected chi connectivity index (χ4v) is 2.29. The molecule has 0 radical (unpaired) electrons. The number of halogens is 3. The number of alkyl halides is 2. The third-order valence-corrected chi connectivity index (χ3v) is 2.93. The number of hydrogen-bond acceptors (Lipinski definition) is 2. The lowest BCUT2D eigenvalue weighted by molar-refractivity contribution is -0.131. The minimum atomic E-state index is -2.99. The van der Waals surface area contributed by atoms with Gasteiger partial charge in [-0.3, -0.25) is 4.79 Å². The number of fused-ring (bicyclic) bond motifs is 1. The van der Waals surface area contributed by atoms with Gasteiger partial charge < -0.3 is 10.1 Å². The van der Waals surface area contributed by atoms with Gasteiger partial charge in [0, 0.05) is 23.0 Å². The molecule has 1 amide bonds. The van der Waals surface area contributed by atoms with E-state index in [2.05, 4.69) is 21.2 Å². The average Bonchev–Trinajstić information content (AvgIpc) is 2.72. The van der Waals surface area contributed by atoms with Crippen LogP contribution >= 0.6 is 15.9 Å². The van der Waals surface area contributed by atoms with Gasteiger partial charge in [-0.2, -0.15) is 8.78 Å². The third kappa shape index (κ3) is 2.74. The maximum absolute atomic E-state index is 12.0. The highest BCUT2D eigenvalue weighted by molar-refractivity contribution is 9.10. The molecule has 1 N–H and O–H groups in total. The molecular formula is C11H10BrF2NO2. The summed E-state index contributed by atoms with van der Waals surface area (Å²) in [6.45, 7) is 0.631. The molecule has 1 aromatic rings. The normalized spacial score (nSPS) is 13.4. The predicted octanol–water partition coefficient (Wildman–Crippen LogP) is 2.27. The summed E-state index contributed by atoms with van der Waals surface area (Å²) in [5, 5.41) is 2.17. The quantitative estimate of drug-likeness (QED) is 0.930. The highest BCUT2D eigenvalue weighted by atomic mass is 79.9. The highest BCUT2D eigenvalue weighted by Crippen LogP contribution is 2.32. The Morgan fingerprint density at radius 2 is 2.29 bits per heavy atom. The molecule has 1 aliphatic heterocycles. The van der Waals surface area contributed by atoms with Crippen LogP contribution in [-0.4, -0.2) is 18.9 Å². The highest BCUT2D eigenvalue weighted by Gasteiger charge is 2.19. The average molecular weight is 306 g/mol. The standard InChI is InChI=1S/C11H10BrF2NO2/c12-8-3-6-1-2-17-9(6)7(4-8)5-15-11(16)10(13)14/h3-4,10H,1-2,5H2,(H,15,16). The molecule has 17 heavy (non-hydrogen) atoms. The molecule has 0 aromatic heterocycles. The maximum Gasteiger partial charge on any atom is 0.315 e. The van der Waals surface area contributed by atoms with E-state index in [0.717, 1.165) is 16.5 Å². The zero-order chi connectivity index (χ0) is 12.4. The van der Waals surface area contributed by atoms with Crippen molar-refractivity contribution in [3.8, 4) is 5.75 Å². The molecule has 1 heterocycles. The van der Waals surface area contributed by atoms with E-state index in [0.29, 0.717) is 17.9 Å². The Balaban J connectivity index is 2.13. The Hall–Kier alpha value is -1.17. The summed E-state index contributed by atoms with van der Waals surface area (Å²) in [5.41, 5.74) is 1.74. The lowest BCUT2D eigenvalue weighted by Crippen LogP contribution is -2.29. The van der Waals surface area contributed by atoms with Gasteiger partial charge in [0.15, 0.2) is 0 Å². The molecule has 0 saturated heterocycles. The number of carbonyl (C=O) groups excluding carboxylic acids is 1. The summed E-state index contributed by atoms with van der Waals surface area (Å²) in [6.07, 6.45) is -2.19. The number of ether oxygens (including phenoxy) is 1. The van der Waals surface area contributed by atoms with Crippen molar-refractivity contribution >= 4 is 21.8 Å². The van der Waals surface area contributed by atoms with E-state index in [9.17, 15) is 13.6 Å². The molecule has 3 nitrogen and oxygen atoms in total. The Bertz CT molecular complexity index is 451. The molecule has 0 atom stereocenters. The largest absolute Gasteiger partial charge is 0.493 e. The number of benzene rings is 1. The van der Waals surface area contributed by atoms with Crippen LogP contribution in [-0.2, 0) is 17.8 Å². The molecule has 0 unspecified atom stereocenters. The van der Waals surface area contributed by atoms with Crippen molar-refractivity contribution in [3.05, 3.63) is 27.7 Å². The number of rotatable bonds is 3. The minimum Gasteiger partial charge on any atom is -0.493 e. The van der Waals surface area contributed by atoms with Crippen molar-refractivity contribution in [2.45, 2.75) is 19.4 Å². The molecule has 2 rings (SSSR count). The molecule has 0 fully saturated rings. The van der Waals surface area contributed by atoms with Gasteiger partial charge in [0.2, 0.25) is 0 Å². The number of hydrogen-bond donors (Lipinski definition) is 1. The first kappa shape index (κ1) is 12.3. The molecular weight excluding hydrogens is 296 g/mol. The van der Waals surface area contributed by atoms with Crippen molar-refractivity contribution in [1.82, 2.24) is 5.32 Å². The first-order valence-corrected chi connectivity index (χ1v) is 5.87. The fourth-order valence-electron chi connectivity index (χ4n) is 1.74. The van der Waals surface area contributed by atoms with Crippen molar-refractivity contribution in [2.24, 2.45) is 0 Å². The number of amides is 1. The molecule has 0 spiro atoms. The third-order valence-electron chi connectivity index (χ3n) is 2.48. The predicted molar refractivity (Wildman–Crippen MR) is 61.2 cm³/mol. The summed E-state index contributed by atoms with van der Waals surface area (Å²) in [4.78, 5) is 10.8. The first-order valence-electron chi connectivity index (χ1n) is 5.08. The SMILES string of the molecule is O=C(NCc1cc(Br)cc2c1OCC2)C(F)F. The van der Waals surface area contributed by atoms with Gasteiger partial charge in [0.05, 0.1) is 6.61 Å². The zero-order valence-electron chi connectivity index (χ0n) is 8.80. The van der Waals surface area contributed by atoms with E-state index in [-0.39, 0.29) is 6.54 Å². The monoisotopic (exact) mass is 305 g/mol. The lowest BCUT2D eigenvalue weighted by Gasteiger charge is -2.10. The summed E-state index contributed by atoms with van der Waals surface area (Å²) in [6, 6.07) is 3.69. The summed E-state index contributed by atoms with van der Waals surface area (Å²) in [7, 11) is 0. The molecule has 6 heteroatoms. The Morgan fingerprint density at radius 1 is 1.53 bits per heavy atom. The second-order valence-corrected chi connectivity index (χ2v) is 4.59. The van der Waals surface area contributed by atoms with Gasteiger partial charge >= 0.3 is 6.43 Å². The van der Waals surface area contributed by atoms with Gasteiger partial charge in [0.25, 0.3) is 5.91 Å². The van der Waals surface area contributed by atoms with Crippen LogP contribution in [0.2, 0.25) is 0 Å². The maximum atomic E-state index is 12.0. The summed E-state index contributed by atoms with van der Waals surface area (Å²) < 4.78 is 30.3. The molecule has 1 aromatic carbocycles. The Kier molecular flexibility index (Phi) is 3.61. The van der Waals surface area contributed by atoms with E-state index in [1.54, 1.807) is 6.07 Å². The second kappa shape index (κ2) is 5.00. The lowest BCUT2D eigenvalue weighted by atomic mass is 10.1. The molecule has 92 valence electrons. The second-order valence-electron chi connectivity index (χ2n) is 3.67. The van der Waals surface area contributed by atoms with Crippen LogP contribution in [0, 0.1) is 0 Å². The molecule has 1 aliphatic rings. The summed E-state index contributed by atoms with van der Waals surface area (Å²) in [5.74, 6) is -0.570. The summed E-state index contributed by atoms with van der Waals surface area (Å²) >= 11 is 3.34. The minimum absolute atomic E-state index is 0.0466. The number of nitrogens with one attached hydrogen (secondary N) is 1. The van der Waals surface area contributed by atoms with Crippen LogP contribution in [0.4, 0.5) is 8.78 Å². The van der Waals surface area contributed by atoms with Crippen molar-refractivity contribution in [3.63, 3.8) is 0 Å². The van der Waals surface area contributed by atoms with Crippen LogP contribution in [0.3, 0.4) is 0 Å². The van der Waals surface area contributed by atoms with Crippen LogP contribution in [0.1, 0.15) is 11.1 Å². The van der Waals surface area contributed by atoms with Gasteiger partial charge in [0.1, 0.15) is 5.75 Å². The van der Waals surface area contributed by atoms with E-state index >= 15 is 0 Å². The van der Waals surface area contributed by atoms with Crippen LogP contribution in [0.5, 0.6) is 5.75 Å². The first-order chi connectivity index (χ1) is 8.08. The van der Waals surface area contributed by atoms with Gasteiger partial charge in [-0.05, 0) is 17.7 Å². The van der Waals surface area contributed by atoms with Crippen LogP contribution in [0.25, 0.3) is 0 Å². The number of carbonyl (C=O) groups is 1. The van der Waals surface area contributed by atoms with E-state index in [1.165, 1.54) is 0 Å². The fraction of sp³-hybridized carbons (Fsp3) is 0.364. The van der Waals surface area contributed by atoms with Gasteiger partial charge in [-0.15, -0.1) is 0 Å². The van der Waals surface area contributed by atoms with Crippen LogP contribution < -0.4 is 10.1 Å². The zero-order valence-corrected chi connectivity index (χ0v) is 10.4. The molecule has 0 saturated carbocycles. The molecule has 0 bridgehead atoms. The topological polar surface area (TPSA) is 38.3 Å². The Labute approximate surface area is 105 Å². The van der Waals surface area contributed by atoms with E-state index in [4.69, 9.17) is 4.74 Å². The van der Waals surface area contributed by atoms with Crippen LogP contribution in [0.15, 0.2) is 16.6 Å². The van der Waals surface area contributed by atoms with E-state index < -0.39 is 12.3 Å². The van der Waals surface area contributed by atoms with Crippen molar-refractivity contribution in [1.29, 1.82) is 0 Å². The van der Waals surface area contributed by atoms with E-state index in [1.807, 2.05) is 6.07 Å².